The van der Waals surface area contributed by atoms with Crippen LogP contribution in [-0.2, 0) is 9.53 Å². The number of hydrogen-bond acceptors (Lipinski definition) is 5. The highest BCUT2D eigenvalue weighted by Crippen LogP contribution is 2.26. The van der Waals surface area contributed by atoms with Gasteiger partial charge in [0.15, 0.2) is 0 Å². The summed E-state index contributed by atoms with van der Waals surface area (Å²) in [5.41, 5.74) is 6.68. The molecule has 0 saturated heterocycles. The highest BCUT2D eigenvalue weighted by molar-refractivity contribution is 5.70. The zero-order valence-electron chi connectivity index (χ0n) is 10.2. The molecule has 0 heterocycles. The number of ether oxygens (including phenoxy) is 3. The van der Waals surface area contributed by atoms with Crippen molar-refractivity contribution in [3.8, 4) is 11.5 Å². The lowest BCUT2D eigenvalue weighted by Crippen LogP contribution is -2.16. The maximum absolute atomic E-state index is 11.1. The Kier molecular flexibility index (Phi) is 4.78. The molecule has 1 rings (SSSR count). The predicted octanol–water partition coefficient (Wildman–Crippen LogP) is 1.27. The summed E-state index contributed by atoms with van der Waals surface area (Å²) in [6.45, 7) is 0. The largest absolute Gasteiger partial charge is 0.497 e. The summed E-state index contributed by atoms with van der Waals surface area (Å²) < 4.78 is 14.8. The molecule has 0 aliphatic carbocycles. The maximum atomic E-state index is 11.1. The van der Waals surface area contributed by atoms with Crippen molar-refractivity contribution in [1.29, 1.82) is 0 Å². The average Bonchev–Trinajstić information content (AvgIpc) is 2.37. The van der Waals surface area contributed by atoms with E-state index < -0.39 is 6.04 Å². The van der Waals surface area contributed by atoms with E-state index in [1.54, 1.807) is 32.4 Å². The van der Waals surface area contributed by atoms with E-state index in [0.29, 0.717) is 11.5 Å². The van der Waals surface area contributed by atoms with Gasteiger partial charge in [0.2, 0.25) is 0 Å². The van der Waals surface area contributed by atoms with Crippen molar-refractivity contribution >= 4 is 5.97 Å². The van der Waals surface area contributed by atoms with Crippen molar-refractivity contribution in [2.45, 2.75) is 12.5 Å². The van der Waals surface area contributed by atoms with Crippen molar-refractivity contribution in [2.75, 3.05) is 21.3 Å². The molecule has 0 aromatic heterocycles. The quantitative estimate of drug-likeness (QED) is 0.783. The minimum absolute atomic E-state index is 0.118. The lowest BCUT2D eigenvalue weighted by Gasteiger charge is -2.13. The molecule has 17 heavy (non-hydrogen) atoms. The number of carbonyl (C=O) groups excluding carboxylic acids is 1. The molecule has 0 aliphatic heterocycles. The monoisotopic (exact) mass is 239 g/mol. The fraction of sp³-hybridized carbons (Fsp3) is 0.417. The van der Waals surface area contributed by atoms with Crippen LogP contribution in [0.4, 0.5) is 0 Å². The Morgan fingerprint density at radius 3 is 2.12 bits per heavy atom. The van der Waals surface area contributed by atoms with E-state index in [9.17, 15) is 4.79 Å². The molecule has 5 heteroatoms. The van der Waals surface area contributed by atoms with Crippen molar-refractivity contribution < 1.29 is 19.0 Å². The molecule has 0 saturated carbocycles. The van der Waals surface area contributed by atoms with Gasteiger partial charge in [-0.3, -0.25) is 4.79 Å². The fourth-order valence-corrected chi connectivity index (χ4v) is 1.42. The van der Waals surface area contributed by atoms with Crippen LogP contribution in [0.15, 0.2) is 18.2 Å². The molecular weight excluding hydrogens is 222 g/mol. The first kappa shape index (κ1) is 13.3. The maximum Gasteiger partial charge on any atom is 0.307 e. The normalized spacial score (nSPS) is 11.8. The van der Waals surface area contributed by atoms with Gasteiger partial charge in [-0.05, 0) is 17.7 Å². The van der Waals surface area contributed by atoms with Crippen molar-refractivity contribution in [1.82, 2.24) is 0 Å². The molecule has 0 amide bonds. The second-order valence-electron chi connectivity index (χ2n) is 3.53. The van der Waals surface area contributed by atoms with E-state index >= 15 is 0 Å². The van der Waals surface area contributed by atoms with Crippen LogP contribution in [0.5, 0.6) is 11.5 Å². The van der Waals surface area contributed by atoms with Crippen LogP contribution in [-0.4, -0.2) is 27.3 Å². The number of rotatable bonds is 5. The molecule has 0 radical (unpaired) electrons. The lowest BCUT2D eigenvalue weighted by atomic mass is 10.0. The van der Waals surface area contributed by atoms with Gasteiger partial charge in [0, 0.05) is 12.1 Å². The molecule has 0 fully saturated rings. The number of nitrogens with two attached hydrogens (primary N) is 1. The van der Waals surface area contributed by atoms with Gasteiger partial charge >= 0.3 is 5.97 Å². The zero-order valence-corrected chi connectivity index (χ0v) is 10.2. The Morgan fingerprint density at radius 1 is 1.18 bits per heavy atom. The lowest BCUT2D eigenvalue weighted by molar-refractivity contribution is -0.141. The third kappa shape index (κ3) is 3.64. The topological polar surface area (TPSA) is 70.8 Å². The Balaban J connectivity index is 2.91. The summed E-state index contributed by atoms with van der Waals surface area (Å²) in [5, 5.41) is 0. The van der Waals surface area contributed by atoms with E-state index in [0.717, 1.165) is 5.56 Å². The SMILES string of the molecule is COC(=O)CC(N)c1cc(OC)cc(OC)c1. The summed E-state index contributed by atoms with van der Waals surface area (Å²) in [5.74, 6) is 0.929. The predicted molar refractivity (Wildman–Crippen MR) is 63.1 cm³/mol. The second kappa shape index (κ2) is 6.10. The molecule has 1 aromatic carbocycles. The van der Waals surface area contributed by atoms with Gasteiger partial charge in [-0.25, -0.2) is 0 Å². The molecule has 1 aromatic rings. The van der Waals surface area contributed by atoms with Crippen LogP contribution in [0.25, 0.3) is 0 Å². The zero-order chi connectivity index (χ0) is 12.8. The summed E-state index contributed by atoms with van der Waals surface area (Å²) in [7, 11) is 4.45. The van der Waals surface area contributed by atoms with Crippen molar-refractivity contribution in [2.24, 2.45) is 5.73 Å². The van der Waals surface area contributed by atoms with Gasteiger partial charge in [-0.15, -0.1) is 0 Å². The third-order valence-electron chi connectivity index (χ3n) is 2.42. The van der Waals surface area contributed by atoms with Gasteiger partial charge in [-0.2, -0.15) is 0 Å². The van der Waals surface area contributed by atoms with E-state index in [-0.39, 0.29) is 12.4 Å². The molecule has 1 unspecified atom stereocenters. The van der Waals surface area contributed by atoms with Crippen molar-refractivity contribution in [3.05, 3.63) is 23.8 Å². The average molecular weight is 239 g/mol. The van der Waals surface area contributed by atoms with Crippen LogP contribution in [0.1, 0.15) is 18.0 Å². The number of carbonyl (C=O) groups is 1. The second-order valence-corrected chi connectivity index (χ2v) is 3.53. The Bertz CT molecular complexity index is 370. The molecular formula is C12H17NO4. The van der Waals surface area contributed by atoms with Gasteiger partial charge in [0.1, 0.15) is 11.5 Å². The first-order valence-electron chi connectivity index (χ1n) is 5.16. The molecule has 1 atom stereocenters. The highest BCUT2D eigenvalue weighted by Gasteiger charge is 2.14. The first-order chi connectivity index (χ1) is 8.10. The van der Waals surface area contributed by atoms with E-state index in [1.807, 2.05) is 0 Å². The number of benzene rings is 1. The van der Waals surface area contributed by atoms with E-state index in [4.69, 9.17) is 15.2 Å². The third-order valence-corrected chi connectivity index (χ3v) is 2.42. The summed E-state index contributed by atoms with van der Waals surface area (Å²) >= 11 is 0. The molecule has 94 valence electrons. The summed E-state index contributed by atoms with van der Waals surface area (Å²) in [6.07, 6.45) is 0.118. The van der Waals surface area contributed by atoms with Gasteiger partial charge in [0.05, 0.1) is 27.8 Å². The smallest absolute Gasteiger partial charge is 0.307 e. The van der Waals surface area contributed by atoms with Crippen LogP contribution < -0.4 is 15.2 Å². The minimum atomic E-state index is -0.438. The Morgan fingerprint density at radius 2 is 1.71 bits per heavy atom. The highest BCUT2D eigenvalue weighted by atomic mass is 16.5. The minimum Gasteiger partial charge on any atom is -0.497 e. The number of hydrogen-bond donors (Lipinski definition) is 1. The Hall–Kier alpha value is -1.75. The molecule has 5 nitrogen and oxygen atoms in total. The molecule has 2 N–H and O–H groups in total. The van der Waals surface area contributed by atoms with Crippen LogP contribution in [0.2, 0.25) is 0 Å². The van der Waals surface area contributed by atoms with Gasteiger partial charge in [-0.1, -0.05) is 0 Å². The van der Waals surface area contributed by atoms with Crippen molar-refractivity contribution in [3.63, 3.8) is 0 Å². The standard InChI is InChI=1S/C12H17NO4/c1-15-9-4-8(5-10(6-9)16-2)11(13)7-12(14)17-3/h4-6,11H,7,13H2,1-3H3. The van der Waals surface area contributed by atoms with E-state index in [1.165, 1.54) is 7.11 Å². The van der Waals surface area contributed by atoms with Crippen LogP contribution in [0.3, 0.4) is 0 Å². The van der Waals surface area contributed by atoms with E-state index in [2.05, 4.69) is 4.74 Å². The number of esters is 1. The fourth-order valence-electron chi connectivity index (χ4n) is 1.42. The van der Waals surface area contributed by atoms with Crippen LogP contribution in [0, 0.1) is 0 Å². The number of methoxy groups -OCH3 is 3. The molecule has 0 bridgehead atoms. The van der Waals surface area contributed by atoms with Crippen LogP contribution >= 0.6 is 0 Å². The van der Waals surface area contributed by atoms with Gasteiger partial charge in [0.25, 0.3) is 0 Å². The summed E-state index contributed by atoms with van der Waals surface area (Å²) in [4.78, 5) is 11.1. The molecule has 0 spiro atoms. The summed E-state index contributed by atoms with van der Waals surface area (Å²) in [6, 6.07) is 4.85. The molecule has 0 aliphatic rings. The first-order valence-corrected chi connectivity index (χ1v) is 5.16. The Labute approximate surface area is 100 Å². The van der Waals surface area contributed by atoms with Gasteiger partial charge < -0.3 is 19.9 Å².